The number of sulfonamides is 1. The van der Waals surface area contributed by atoms with Crippen LogP contribution in [0.1, 0.15) is 20.7 Å². The highest BCUT2D eigenvalue weighted by Crippen LogP contribution is 2.35. The molecule has 0 spiro atoms. The number of rotatable bonds is 7. The van der Waals surface area contributed by atoms with Crippen LogP contribution in [-0.4, -0.2) is 27.4 Å². The zero-order chi connectivity index (χ0) is 28.3. The number of primary sulfonamides is 1. The van der Waals surface area contributed by atoms with Crippen molar-refractivity contribution in [1.29, 1.82) is 0 Å². The normalized spacial score (nSPS) is 11.2. The van der Waals surface area contributed by atoms with Crippen LogP contribution in [0.5, 0.6) is 11.5 Å². The van der Waals surface area contributed by atoms with E-state index in [1.54, 1.807) is 78.9 Å². The molecule has 8 nitrogen and oxygen atoms in total. The van der Waals surface area contributed by atoms with E-state index < -0.39 is 21.9 Å². The van der Waals surface area contributed by atoms with Gasteiger partial charge in [0.05, 0.1) is 17.7 Å². The predicted octanol–water partition coefficient (Wildman–Crippen LogP) is 5.99. The highest BCUT2D eigenvalue weighted by atomic mass is 32.2. The number of carbonyl (C=O) groups is 2. The molecule has 0 bridgehead atoms. The van der Waals surface area contributed by atoms with E-state index in [2.05, 4.69) is 5.32 Å². The van der Waals surface area contributed by atoms with Crippen LogP contribution in [0.25, 0.3) is 21.9 Å². The largest absolute Gasteiger partial charge is 0.465 e. The average molecular weight is 553 g/mol. The van der Waals surface area contributed by atoms with Gasteiger partial charge in [0.1, 0.15) is 11.3 Å². The Morgan fingerprint density at radius 3 is 2.08 bits per heavy atom. The van der Waals surface area contributed by atoms with Crippen LogP contribution in [0, 0.1) is 0 Å². The van der Waals surface area contributed by atoms with Crippen molar-refractivity contribution in [2.24, 2.45) is 5.14 Å². The molecule has 0 atom stereocenters. The first-order valence-electron chi connectivity index (χ1n) is 12.2. The van der Waals surface area contributed by atoms with Crippen molar-refractivity contribution >= 4 is 38.4 Å². The molecule has 5 rings (SSSR count). The number of amides is 1. The van der Waals surface area contributed by atoms with Gasteiger partial charge in [0.15, 0.2) is 5.75 Å². The summed E-state index contributed by atoms with van der Waals surface area (Å²) >= 11 is 0. The topological polar surface area (TPSA) is 125 Å². The van der Waals surface area contributed by atoms with E-state index in [-0.39, 0.29) is 16.2 Å². The van der Waals surface area contributed by atoms with Gasteiger partial charge in [-0.1, -0.05) is 66.7 Å². The second-order valence-electron chi connectivity index (χ2n) is 8.86. The number of carbonyl (C=O) groups excluding carboxylic acids is 2. The molecule has 9 heteroatoms. The summed E-state index contributed by atoms with van der Waals surface area (Å²) in [5.41, 5.74) is 2.01. The first-order chi connectivity index (χ1) is 19.2. The SMILES string of the molecule is COC(=O)c1cc2ccccc2cc1Oc1ccccc1NC(=O)c1ccc(-c2ccccc2S(N)(=O)=O)cc1. The van der Waals surface area contributed by atoms with Crippen molar-refractivity contribution in [3.63, 3.8) is 0 Å². The molecule has 40 heavy (non-hydrogen) atoms. The molecular weight excluding hydrogens is 528 g/mol. The molecule has 200 valence electrons. The van der Waals surface area contributed by atoms with E-state index in [1.807, 2.05) is 24.3 Å². The molecule has 0 saturated carbocycles. The third-order valence-electron chi connectivity index (χ3n) is 6.26. The molecule has 0 unspecified atom stereocenters. The number of anilines is 1. The molecule has 3 N–H and O–H groups in total. The molecular formula is C31H24N2O6S. The number of hydrogen-bond acceptors (Lipinski definition) is 6. The predicted molar refractivity (Wildman–Crippen MR) is 153 cm³/mol. The van der Waals surface area contributed by atoms with Crippen LogP contribution in [0.3, 0.4) is 0 Å². The Kier molecular flexibility index (Phi) is 7.33. The lowest BCUT2D eigenvalue weighted by Crippen LogP contribution is -2.14. The first-order valence-corrected chi connectivity index (χ1v) is 13.7. The Morgan fingerprint density at radius 2 is 1.38 bits per heavy atom. The number of ether oxygens (including phenoxy) is 2. The maximum atomic E-state index is 13.1. The number of fused-ring (bicyclic) bond motifs is 1. The third kappa shape index (κ3) is 5.56. The Bertz CT molecular complexity index is 1850. The van der Waals surface area contributed by atoms with E-state index in [4.69, 9.17) is 14.6 Å². The van der Waals surface area contributed by atoms with Crippen molar-refractivity contribution < 1.29 is 27.5 Å². The van der Waals surface area contributed by atoms with Crippen LogP contribution in [-0.2, 0) is 14.8 Å². The van der Waals surface area contributed by atoms with Gasteiger partial charge in [0, 0.05) is 11.1 Å². The lowest BCUT2D eigenvalue weighted by atomic mass is 10.0. The Labute approximate surface area is 231 Å². The maximum absolute atomic E-state index is 13.1. The van der Waals surface area contributed by atoms with Crippen LogP contribution in [0.2, 0.25) is 0 Å². The summed E-state index contributed by atoms with van der Waals surface area (Å²) < 4.78 is 35.1. The summed E-state index contributed by atoms with van der Waals surface area (Å²) in [6.45, 7) is 0. The van der Waals surface area contributed by atoms with E-state index in [0.717, 1.165) is 10.8 Å². The molecule has 0 aromatic heterocycles. The van der Waals surface area contributed by atoms with Crippen molar-refractivity contribution in [3.05, 3.63) is 120 Å². The van der Waals surface area contributed by atoms with Crippen molar-refractivity contribution in [3.8, 4) is 22.6 Å². The Morgan fingerprint density at radius 1 is 0.750 bits per heavy atom. The van der Waals surface area contributed by atoms with Crippen molar-refractivity contribution in [2.75, 3.05) is 12.4 Å². The number of nitrogens with two attached hydrogens (primary N) is 1. The lowest BCUT2D eigenvalue weighted by molar-refractivity contribution is 0.0598. The van der Waals surface area contributed by atoms with Gasteiger partial charge in [-0.3, -0.25) is 4.79 Å². The number of esters is 1. The molecule has 0 aliphatic rings. The average Bonchev–Trinajstić information content (AvgIpc) is 2.97. The summed E-state index contributed by atoms with van der Waals surface area (Å²) in [7, 11) is -2.62. The summed E-state index contributed by atoms with van der Waals surface area (Å²) in [6, 6.07) is 30.7. The van der Waals surface area contributed by atoms with Gasteiger partial charge < -0.3 is 14.8 Å². The maximum Gasteiger partial charge on any atom is 0.341 e. The van der Waals surface area contributed by atoms with E-state index >= 15 is 0 Å². The van der Waals surface area contributed by atoms with Gasteiger partial charge in [0.2, 0.25) is 10.0 Å². The fourth-order valence-corrected chi connectivity index (χ4v) is 5.06. The number of para-hydroxylation sites is 2. The van der Waals surface area contributed by atoms with E-state index in [0.29, 0.717) is 28.1 Å². The van der Waals surface area contributed by atoms with E-state index in [9.17, 15) is 18.0 Å². The zero-order valence-electron chi connectivity index (χ0n) is 21.3. The van der Waals surface area contributed by atoms with Gasteiger partial charge in [-0.05, 0) is 58.8 Å². The van der Waals surface area contributed by atoms with Crippen LogP contribution < -0.4 is 15.2 Å². The van der Waals surface area contributed by atoms with Crippen LogP contribution in [0.15, 0.2) is 114 Å². The van der Waals surface area contributed by atoms with Gasteiger partial charge >= 0.3 is 5.97 Å². The van der Waals surface area contributed by atoms with Gasteiger partial charge in [-0.2, -0.15) is 0 Å². The molecule has 1 amide bonds. The minimum atomic E-state index is -3.92. The zero-order valence-corrected chi connectivity index (χ0v) is 22.1. The molecule has 0 saturated heterocycles. The fraction of sp³-hybridized carbons (Fsp3) is 0.0323. The van der Waals surface area contributed by atoms with E-state index in [1.165, 1.54) is 13.2 Å². The summed E-state index contributed by atoms with van der Waals surface area (Å²) in [6.07, 6.45) is 0. The quantitative estimate of drug-likeness (QED) is 0.239. The molecule has 0 radical (unpaired) electrons. The van der Waals surface area contributed by atoms with Gasteiger partial charge in [-0.15, -0.1) is 0 Å². The van der Waals surface area contributed by atoms with Gasteiger partial charge in [0.25, 0.3) is 5.91 Å². The van der Waals surface area contributed by atoms with Crippen LogP contribution in [0.4, 0.5) is 5.69 Å². The smallest absolute Gasteiger partial charge is 0.341 e. The fourth-order valence-electron chi connectivity index (χ4n) is 4.30. The minimum Gasteiger partial charge on any atom is -0.465 e. The van der Waals surface area contributed by atoms with Crippen molar-refractivity contribution in [2.45, 2.75) is 4.90 Å². The second-order valence-corrected chi connectivity index (χ2v) is 10.4. The minimum absolute atomic E-state index is 0.00158. The number of methoxy groups -OCH3 is 1. The molecule has 0 aliphatic carbocycles. The van der Waals surface area contributed by atoms with Gasteiger partial charge in [-0.25, -0.2) is 18.4 Å². The monoisotopic (exact) mass is 552 g/mol. The Balaban J connectivity index is 1.42. The standard InChI is InChI=1S/C31H24N2O6S/c1-38-31(35)25-18-22-8-2-3-9-23(22)19-28(25)39-27-12-6-5-11-26(27)33-30(34)21-16-14-20(15-17-21)24-10-4-7-13-29(24)40(32,36)37/h2-19H,1H3,(H,33,34)(H2,32,36,37). The summed E-state index contributed by atoms with van der Waals surface area (Å²) in [5, 5.41) is 9.93. The molecule has 0 aliphatic heterocycles. The number of benzene rings is 5. The third-order valence-corrected chi connectivity index (χ3v) is 7.23. The molecule has 0 heterocycles. The lowest BCUT2D eigenvalue weighted by Gasteiger charge is -2.15. The molecule has 0 fully saturated rings. The molecule has 5 aromatic rings. The highest BCUT2D eigenvalue weighted by Gasteiger charge is 2.18. The second kappa shape index (κ2) is 11.0. The Hall–Kier alpha value is -4.99. The molecule has 5 aromatic carbocycles. The first kappa shape index (κ1) is 26.6. The summed E-state index contributed by atoms with van der Waals surface area (Å²) in [4.78, 5) is 25.6. The van der Waals surface area contributed by atoms with Crippen LogP contribution >= 0.6 is 0 Å². The van der Waals surface area contributed by atoms with Crippen molar-refractivity contribution in [1.82, 2.24) is 0 Å². The number of nitrogens with one attached hydrogen (secondary N) is 1. The summed E-state index contributed by atoms with van der Waals surface area (Å²) in [5.74, 6) is -0.347. The highest BCUT2D eigenvalue weighted by molar-refractivity contribution is 7.89. The number of hydrogen-bond donors (Lipinski definition) is 2.